The molecule has 0 amide bonds. The van der Waals surface area contributed by atoms with Crippen LogP contribution in [0.4, 0.5) is 0 Å². The van der Waals surface area contributed by atoms with Gasteiger partial charge in [-0.25, -0.2) is 0 Å². The first-order chi connectivity index (χ1) is 10.1. The molecule has 2 aromatic carbocycles. The van der Waals surface area contributed by atoms with E-state index in [1.54, 1.807) is 0 Å². The zero-order valence-electron chi connectivity index (χ0n) is 12.5. The van der Waals surface area contributed by atoms with E-state index in [2.05, 4.69) is 44.2 Å². The highest BCUT2D eigenvalue weighted by molar-refractivity contribution is 5.39. The Balaban J connectivity index is 1.93. The van der Waals surface area contributed by atoms with Gasteiger partial charge in [0.05, 0.1) is 11.5 Å². The van der Waals surface area contributed by atoms with Crippen molar-refractivity contribution in [2.75, 3.05) is 6.61 Å². The molecule has 0 N–H and O–H groups in total. The molecular formula is C19H19NO. The predicted octanol–water partition coefficient (Wildman–Crippen LogP) is 3.99. The Bertz CT molecular complexity index is 714. The molecule has 1 aliphatic rings. The average molecular weight is 277 g/mol. The van der Waals surface area contributed by atoms with Crippen molar-refractivity contribution in [3.05, 3.63) is 64.7 Å². The number of fused-ring (bicyclic) bond motifs is 1. The Morgan fingerprint density at radius 2 is 2.00 bits per heavy atom. The summed E-state index contributed by atoms with van der Waals surface area (Å²) in [4.78, 5) is 0. The van der Waals surface area contributed by atoms with E-state index in [1.165, 1.54) is 16.7 Å². The fourth-order valence-electron chi connectivity index (χ4n) is 3.00. The van der Waals surface area contributed by atoms with Gasteiger partial charge in [0.2, 0.25) is 0 Å². The first-order valence-electron chi connectivity index (χ1n) is 7.30. The number of aryl methyl sites for hydroxylation is 2. The summed E-state index contributed by atoms with van der Waals surface area (Å²) < 4.78 is 5.85. The van der Waals surface area contributed by atoms with Crippen LogP contribution >= 0.6 is 0 Å². The Morgan fingerprint density at radius 3 is 2.81 bits per heavy atom. The highest BCUT2D eigenvalue weighted by atomic mass is 16.5. The van der Waals surface area contributed by atoms with E-state index >= 15 is 0 Å². The van der Waals surface area contributed by atoms with E-state index in [0.29, 0.717) is 6.61 Å². The maximum Gasteiger partial charge on any atom is 0.122 e. The molecule has 21 heavy (non-hydrogen) atoms. The SMILES string of the molecule is Cc1ccc(C)c(CC2(C#N)COc3ccccc3C2)c1. The Morgan fingerprint density at radius 1 is 1.19 bits per heavy atom. The quantitative estimate of drug-likeness (QED) is 0.831. The lowest BCUT2D eigenvalue weighted by atomic mass is 9.76. The molecule has 0 spiro atoms. The molecule has 1 aliphatic heterocycles. The van der Waals surface area contributed by atoms with Gasteiger partial charge in [0.15, 0.2) is 0 Å². The molecule has 0 saturated carbocycles. The summed E-state index contributed by atoms with van der Waals surface area (Å²) in [5, 5.41) is 9.76. The minimum absolute atomic E-state index is 0.465. The number of ether oxygens (including phenoxy) is 1. The Hall–Kier alpha value is -2.27. The third-order valence-corrected chi connectivity index (χ3v) is 4.28. The van der Waals surface area contributed by atoms with Crippen LogP contribution in [0.2, 0.25) is 0 Å². The third kappa shape index (κ3) is 2.64. The van der Waals surface area contributed by atoms with Gasteiger partial charge in [0.25, 0.3) is 0 Å². The second-order valence-corrected chi connectivity index (χ2v) is 6.07. The third-order valence-electron chi connectivity index (χ3n) is 4.28. The van der Waals surface area contributed by atoms with Crippen LogP contribution in [0.3, 0.4) is 0 Å². The van der Waals surface area contributed by atoms with Gasteiger partial charge in [0, 0.05) is 0 Å². The molecule has 0 bridgehead atoms. The van der Waals surface area contributed by atoms with Crippen LogP contribution in [-0.4, -0.2) is 6.61 Å². The van der Waals surface area contributed by atoms with Crippen molar-refractivity contribution in [2.45, 2.75) is 26.7 Å². The van der Waals surface area contributed by atoms with Crippen LogP contribution in [0.1, 0.15) is 22.3 Å². The molecule has 0 fully saturated rings. The summed E-state index contributed by atoms with van der Waals surface area (Å²) in [7, 11) is 0. The van der Waals surface area contributed by atoms with Gasteiger partial charge in [0.1, 0.15) is 12.4 Å². The monoisotopic (exact) mass is 277 g/mol. The summed E-state index contributed by atoms with van der Waals surface area (Å²) in [6.45, 7) is 4.67. The number of nitrogens with zero attached hydrogens (tertiary/aromatic N) is 1. The Kier molecular flexibility index (Phi) is 3.43. The topological polar surface area (TPSA) is 33.0 Å². The van der Waals surface area contributed by atoms with Crippen LogP contribution in [0.5, 0.6) is 5.75 Å². The van der Waals surface area contributed by atoms with E-state index < -0.39 is 5.41 Å². The molecule has 0 aliphatic carbocycles. The molecule has 0 radical (unpaired) electrons. The number of para-hydroxylation sites is 1. The van der Waals surface area contributed by atoms with E-state index in [9.17, 15) is 5.26 Å². The molecule has 0 saturated heterocycles. The smallest absolute Gasteiger partial charge is 0.122 e. The first kappa shape index (κ1) is 13.7. The molecule has 3 rings (SSSR count). The van der Waals surface area contributed by atoms with Crippen LogP contribution in [0, 0.1) is 30.6 Å². The molecule has 1 atom stereocenters. The van der Waals surface area contributed by atoms with Gasteiger partial charge in [-0.15, -0.1) is 0 Å². The molecular weight excluding hydrogens is 258 g/mol. The van der Waals surface area contributed by atoms with Crippen molar-refractivity contribution in [2.24, 2.45) is 5.41 Å². The lowest BCUT2D eigenvalue weighted by molar-refractivity contribution is 0.169. The minimum Gasteiger partial charge on any atom is -0.492 e. The lowest BCUT2D eigenvalue weighted by Gasteiger charge is -2.32. The van der Waals surface area contributed by atoms with Crippen molar-refractivity contribution in [1.29, 1.82) is 5.26 Å². The summed E-state index contributed by atoms with van der Waals surface area (Å²) in [5.74, 6) is 0.921. The molecule has 106 valence electrons. The molecule has 0 aromatic heterocycles. The number of nitriles is 1. The van der Waals surface area contributed by atoms with Gasteiger partial charge in [-0.1, -0.05) is 42.0 Å². The summed E-state index contributed by atoms with van der Waals surface area (Å²) >= 11 is 0. The highest BCUT2D eigenvalue weighted by Crippen LogP contribution is 2.37. The maximum absolute atomic E-state index is 9.76. The predicted molar refractivity (Wildman–Crippen MR) is 83.3 cm³/mol. The first-order valence-corrected chi connectivity index (χ1v) is 7.30. The molecule has 1 heterocycles. The average Bonchev–Trinajstić information content (AvgIpc) is 2.51. The van der Waals surface area contributed by atoms with Crippen molar-refractivity contribution in [3.63, 3.8) is 0 Å². The molecule has 2 nitrogen and oxygen atoms in total. The van der Waals surface area contributed by atoms with Gasteiger partial charge >= 0.3 is 0 Å². The van der Waals surface area contributed by atoms with Crippen molar-refractivity contribution in [1.82, 2.24) is 0 Å². The largest absolute Gasteiger partial charge is 0.492 e. The normalized spacial score (nSPS) is 20.2. The fraction of sp³-hybridized carbons (Fsp3) is 0.316. The van der Waals surface area contributed by atoms with Crippen molar-refractivity contribution < 1.29 is 4.74 Å². The second kappa shape index (κ2) is 5.26. The Labute approximate surface area is 126 Å². The van der Waals surface area contributed by atoms with Crippen LogP contribution in [0.25, 0.3) is 0 Å². The fourth-order valence-corrected chi connectivity index (χ4v) is 3.00. The van der Waals surface area contributed by atoms with Crippen LogP contribution in [0.15, 0.2) is 42.5 Å². The van der Waals surface area contributed by atoms with E-state index in [4.69, 9.17) is 4.74 Å². The number of hydrogen-bond acceptors (Lipinski definition) is 2. The summed E-state index contributed by atoms with van der Waals surface area (Å²) in [6.07, 6.45) is 1.50. The molecule has 1 unspecified atom stereocenters. The van der Waals surface area contributed by atoms with Gasteiger partial charge in [-0.05, 0) is 49.4 Å². The van der Waals surface area contributed by atoms with E-state index in [0.717, 1.165) is 24.2 Å². The standard InChI is InChI=1S/C19H19NO/c1-14-7-8-15(2)17(9-14)11-19(12-20)10-16-5-3-4-6-18(16)21-13-19/h3-9H,10-11,13H2,1-2H3. The number of rotatable bonds is 2. The van der Waals surface area contributed by atoms with Gasteiger partial charge < -0.3 is 4.74 Å². The lowest BCUT2D eigenvalue weighted by Crippen LogP contribution is -2.35. The van der Waals surface area contributed by atoms with Gasteiger partial charge in [-0.2, -0.15) is 5.26 Å². The number of hydrogen-bond donors (Lipinski definition) is 0. The van der Waals surface area contributed by atoms with Crippen LogP contribution < -0.4 is 4.74 Å². The van der Waals surface area contributed by atoms with Crippen molar-refractivity contribution >= 4 is 0 Å². The molecule has 2 aromatic rings. The maximum atomic E-state index is 9.76. The van der Waals surface area contributed by atoms with Crippen LogP contribution in [-0.2, 0) is 12.8 Å². The zero-order valence-corrected chi connectivity index (χ0v) is 12.5. The van der Waals surface area contributed by atoms with Gasteiger partial charge in [-0.3, -0.25) is 0 Å². The highest BCUT2D eigenvalue weighted by Gasteiger charge is 2.36. The minimum atomic E-state index is -0.465. The van der Waals surface area contributed by atoms with E-state index in [-0.39, 0.29) is 0 Å². The molecule has 2 heteroatoms. The zero-order chi connectivity index (χ0) is 14.9. The summed E-state index contributed by atoms with van der Waals surface area (Å²) in [6, 6.07) is 17.0. The number of benzene rings is 2. The van der Waals surface area contributed by atoms with Crippen molar-refractivity contribution in [3.8, 4) is 11.8 Å². The summed E-state index contributed by atoms with van der Waals surface area (Å²) in [5.41, 5.74) is 4.40. The second-order valence-electron chi connectivity index (χ2n) is 6.07. The van der Waals surface area contributed by atoms with E-state index in [1.807, 2.05) is 18.2 Å².